The summed E-state index contributed by atoms with van der Waals surface area (Å²) in [5.41, 5.74) is 2.27. The molecule has 27 heavy (non-hydrogen) atoms. The third kappa shape index (κ3) is 3.46. The van der Waals surface area contributed by atoms with Gasteiger partial charge in [0.15, 0.2) is 0 Å². The summed E-state index contributed by atoms with van der Waals surface area (Å²) in [7, 11) is 1.78. The third-order valence-electron chi connectivity index (χ3n) is 5.36. The van der Waals surface area contributed by atoms with Crippen LogP contribution in [-0.2, 0) is 30.7 Å². The zero-order chi connectivity index (χ0) is 19.1. The van der Waals surface area contributed by atoms with E-state index in [9.17, 15) is 9.59 Å². The van der Waals surface area contributed by atoms with E-state index in [4.69, 9.17) is 0 Å². The Kier molecular flexibility index (Phi) is 4.90. The van der Waals surface area contributed by atoms with Crippen LogP contribution < -0.4 is 5.56 Å². The molecule has 1 aliphatic rings. The largest absolute Gasteiger partial charge is 0.339 e. The molecule has 0 unspecified atom stereocenters. The number of likely N-dealkylation sites (N-methyl/N-ethyl adjacent to an activating group) is 1. The standard InChI is InChI=1S/C20H23N3O2S2/c1-12-4-5-14-15(8-12)27-19-18(14)20(25)23(11-21-19)10-17(24)22(3)9-16-13(2)6-7-26-16/h6-7,11-12H,4-5,8-10H2,1-3H3/t12-/m1/s1. The smallest absolute Gasteiger partial charge is 0.262 e. The second-order valence-corrected chi connectivity index (χ2v) is 9.57. The van der Waals surface area contributed by atoms with Crippen LogP contribution in [0.15, 0.2) is 22.6 Å². The van der Waals surface area contributed by atoms with Crippen molar-refractivity contribution >= 4 is 38.8 Å². The summed E-state index contributed by atoms with van der Waals surface area (Å²) in [6.07, 6.45) is 4.59. The van der Waals surface area contributed by atoms with E-state index in [1.165, 1.54) is 26.2 Å². The summed E-state index contributed by atoms with van der Waals surface area (Å²) in [5.74, 6) is 0.576. The van der Waals surface area contributed by atoms with E-state index < -0.39 is 0 Å². The molecule has 3 heterocycles. The van der Waals surface area contributed by atoms with Gasteiger partial charge in [-0.1, -0.05) is 6.92 Å². The monoisotopic (exact) mass is 401 g/mol. The molecular formula is C20H23N3O2S2. The van der Waals surface area contributed by atoms with E-state index >= 15 is 0 Å². The van der Waals surface area contributed by atoms with Crippen molar-refractivity contribution < 1.29 is 4.79 Å². The van der Waals surface area contributed by atoms with Gasteiger partial charge in [0.25, 0.3) is 5.56 Å². The lowest BCUT2D eigenvalue weighted by Crippen LogP contribution is -2.33. The molecule has 0 bridgehead atoms. The summed E-state index contributed by atoms with van der Waals surface area (Å²) in [4.78, 5) is 35.1. The van der Waals surface area contributed by atoms with E-state index in [1.54, 1.807) is 34.6 Å². The average molecular weight is 402 g/mol. The molecule has 142 valence electrons. The first-order valence-corrected chi connectivity index (χ1v) is 10.9. The first-order valence-electron chi connectivity index (χ1n) is 9.20. The number of carbonyl (C=O) groups is 1. The number of carbonyl (C=O) groups excluding carboxylic acids is 1. The summed E-state index contributed by atoms with van der Waals surface area (Å²) >= 11 is 3.29. The highest BCUT2D eigenvalue weighted by molar-refractivity contribution is 7.18. The third-order valence-corrected chi connectivity index (χ3v) is 7.53. The van der Waals surface area contributed by atoms with Gasteiger partial charge in [-0.05, 0) is 54.7 Å². The molecule has 0 saturated carbocycles. The number of rotatable bonds is 4. The van der Waals surface area contributed by atoms with Crippen molar-refractivity contribution in [2.75, 3.05) is 7.05 Å². The normalized spacial score (nSPS) is 16.5. The van der Waals surface area contributed by atoms with Gasteiger partial charge in [-0.15, -0.1) is 22.7 Å². The predicted molar refractivity (Wildman–Crippen MR) is 111 cm³/mol. The number of fused-ring (bicyclic) bond motifs is 3. The Labute approximate surface area is 166 Å². The van der Waals surface area contributed by atoms with E-state index in [0.717, 1.165) is 35.0 Å². The fourth-order valence-corrected chi connectivity index (χ4v) is 5.91. The fourth-order valence-electron chi connectivity index (χ4n) is 3.61. The molecule has 1 aliphatic carbocycles. The lowest BCUT2D eigenvalue weighted by molar-refractivity contribution is -0.131. The molecule has 3 aromatic heterocycles. The molecular weight excluding hydrogens is 378 g/mol. The Hall–Kier alpha value is -1.99. The highest BCUT2D eigenvalue weighted by Crippen LogP contribution is 2.35. The van der Waals surface area contributed by atoms with E-state index in [2.05, 4.69) is 18.0 Å². The minimum absolute atomic E-state index is 0.0315. The van der Waals surface area contributed by atoms with Crippen molar-refractivity contribution in [1.82, 2.24) is 14.5 Å². The molecule has 4 rings (SSSR count). The van der Waals surface area contributed by atoms with Crippen molar-refractivity contribution in [1.29, 1.82) is 0 Å². The first kappa shape index (κ1) is 18.4. The van der Waals surface area contributed by atoms with Gasteiger partial charge in [0.05, 0.1) is 18.3 Å². The van der Waals surface area contributed by atoms with Crippen LogP contribution in [0.25, 0.3) is 10.2 Å². The minimum Gasteiger partial charge on any atom is -0.339 e. The number of hydrogen-bond acceptors (Lipinski definition) is 5. The highest BCUT2D eigenvalue weighted by atomic mass is 32.1. The molecule has 0 spiro atoms. The molecule has 0 radical (unpaired) electrons. The number of aromatic nitrogens is 2. The van der Waals surface area contributed by atoms with Gasteiger partial charge in [0, 0.05) is 16.8 Å². The van der Waals surface area contributed by atoms with Crippen LogP contribution >= 0.6 is 22.7 Å². The molecule has 0 N–H and O–H groups in total. The number of thiophene rings is 2. The van der Waals surface area contributed by atoms with E-state index in [0.29, 0.717) is 12.5 Å². The Morgan fingerprint density at radius 3 is 3.00 bits per heavy atom. The van der Waals surface area contributed by atoms with Crippen molar-refractivity contribution in [3.8, 4) is 0 Å². The molecule has 0 saturated heterocycles. The zero-order valence-electron chi connectivity index (χ0n) is 15.8. The van der Waals surface area contributed by atoms with Gasteiger partial charge in [-0.3, -0.25) is 14.2 Å². The predicted octanol–water partition coefficient (Wildman–Crippen LogP) is 3.61. The Balaban J connectivity index is 1.59. The van der Waals surface area contributed by atoms with Crippen molar-refractivity contribution in [2.24, 2.45) is 5.92 Å². The van der Waals surface area contributed by atoms with Crippen molar-refractivity contribution in [3.63, 3.8) is 0 Å². The van der Waals surface area contributed by atoms with Gasteiger partial charge < -0.3 is 4.90 Å². The molecule has 7 heteroatoms. The van der Waals surface area contributed by atoms with Gasteiger partial charge in [0.1, 0.15) is 11.4 Å². The van der Waals surface area contributed by atoms with Crippen LogP contribution in [0, 0.1) is 12.8 Å². The first-order chi connectivity index (χ1) is 12.9. The maximum Gasteiger partial charge on any atom is 0.262 e. The summed E-state index contributed by atoms with van der Waals surface area (Å²) in [5, 5.41) is 2.76. The van der Waals surface area contributed by atoms with Gasteiger partial charge in [-0.25, -0.2) is 4.98 Å². The van der Waals surface area contributed by atoms with Crippen molar-refractivity contribution in [3.05, 3.63) is 49.0 Å². The van der Waals surface area contributed by atoms with Gasteiger partial charge >= 0.3 is 0 Å². The SMILES string of the molecule is Cc1ccsc1CN(C)C(=O)Cn1cnc2sc3c(c2c1=O)CC[C@@H](C)C3. The summed E-state index contributed by atoms with van der Waals surface area (Å²) in [6.45, 7) is 4.90. The number of hydrogen-bond donors (Lipinski definition) is 0. The minimum atomic E-state index is -0.0823. The Morgan fingerprint density at radius 1 is 1.44 bits per heavy atom. The molecule has 0 aromatic carbocycles. The number of aryl methyl sites for hydroxylation is 2. The molecule has 0 aliphatic heterocycles. The summed E-state index contributed by atoms with van der Waals surface area (Å²) < 4.78 is 1.47. The topological polar surface area (TPSA) is 55.2 Å². The maximum atomic E-state index is 13.0. The Morgan fingerprint density at radius 2 is 2.26 bits per heavy atom. The van der Waals surface area contributed by atoms with Crippen LogP contribution in [-0.4, -0.2) is 27.4 Å². The van der Waals surface area contributed by atoms with E-state index in [-0.39, 0.29) is 18.0 Å². The lowest BCUT2D eigenvalue weighted by Gasteiger charge is -2.18. The fraction of sp³-hybridized carbons (Fsp3) is 0.450. The molecule has 3 aromatic rings. The molecule has 0 fully saturated rings. The number of amides is 1. The average Bonchev–Trinajstić information content (AvgIpc) is 3.20. The van der Waals surface area contributed by atoms with Crippen LogP contribution in [0.1, 0.15) is 34.2 Å². The maximum absolute atomic E-state index is 13.0. The van der Waals surface area contributed by atoms with Crippen LogP contribution in [0.2, 0.25) is 0 Å². The van der Waals surface area contributed by atoms with Gasteiger partial charge in [0.2, 0.25) is 5.91 Å². The van der Waals surface area contributed by atoms with Crippen LogP contribution in [0.5, 0.6) is 0 Å². The summed E-state index contributed by atoms with van der Waals surface area (Å²) in [6, 6.07) is 2.06. The number of nitrogens with zero attached hydrogens (tertiary/aromatic N) is 3. The van der Waals surface area contributed by atoms with Gasteiger partial charge in [-0.2, -0.15) is 0 Å². The van der Waals surface area contributed by atoms with E-state index in [1.807, 2.05) is 12.3 Å². The lowest BCUT2D eigenvalue weighted by atomic mass is 9.89. The molecule has 1 atom stereocenters. The van der Waals surface area contributed by atoms with Crippen molar-refractivity contribution in [2.45, 2.75) is 46.2 Å². The quantitative estimate of drug-likeness (QED) is 0.671. The Bertz CT molecular complexity index is 1060. The second-order valence-electron chi connectivity index (χ2n) is 7.49. The second kappa shape index (κ2) is 7.20. The zero-order valence-corrected chi connectivity index (χ0v) is 17.5. The molecule has 5 nitrogen and oxygen atoms in total. The highest BCUT2D eigenvalue weighted by Gasteiger charge is 2.23. The van der Waals surface area contributed by atoms with Crippen LogP contribution in [0.4, 0.5) is 0 Å². The van der Waals surface area contributed by atoms with Crippen LogP contribution in [0.3, 0.4) is 0 Å². The molecule has 1 amide bonds.